The van der Waals surface area contributed by atoms with E-state index in [2.05, 4.69) is 0 Å². The third kappa shape index (κ3) is 2.71. The van der Waals surface area contributed by atoms with E-state index in [-0.39, 0.29) is 0 Å². The minimum atomic E-state index is -0.580. The fourth-order valence-corrected chi connectivity index (χ4v) is 2.74. The average molecular weight is 297 g/mol. The van der Waals surface area contributed by atoms with Crippen LogP contribution in [0, 0.1) is 5.82 Å². The number of hydrogen-bond acceptors (Lipinski definition) is 5. The molecule has 0 saturated carbocycles. The minimum absolute atomic E-state index is 0.338. The Hall–Kier alpha value is -1.79. The van der Waals surface area contributed by atoms with Gasteiger partial charge in [0.15, 0.2) is 11.5 Å². The van der Waals surface area contributed by atoms with Crippen molar-refractivity contribution in [2.24, 2.45) is 5.73 Å². The first-order valence-corrected chi connectivity index (χ1v) is 6.78. The Balaban J connectivity index is 2.40. The van der Waals surface area contributed by atoms with Gasteiger partial charge in [-0.2, -0.15) is 0 Å². The number of methoxy groups -OCH3 is 3. The van der Waals surface area contributed by atoms with Crippen molar-refractivity contribution in [2.75, 3.05) is 21.3 Å². The maximum atomic E-state index is 14.1. The number of benzene rings is 1. The molecule has 0 spiro atoms. The topological polar surface area (TPSA) is 53.7 Å². The fourth-order valence-electron chi connectivity index (χ4n) is 1.87. The summed E-state index contributed by atoms with van der Waals surface area (Å²) in [5, 5.41) is 1.83. The van der Waals surface area contributed by atoms with Gasteiger partial charge in [-0.1, -0.05) is 0 Å². The summed E-state index contributed by atoms with van der Waals surface area (Å²) >= 11 is 1.42. The lowest BCUT2D eigenvalue weighted by Gasteiger charge is -2.15. The van der Waals surface area contributed by atoms with Crippen LogP contribution in [0.15, 0.2) is 23.6 Å². The molecule has 4 nitrogen and oxygen atoms in total. The van der Waals surface area contributed by atoms with Crippen LogP contribution in [-0.4, -0.2) is 21.3 Å². The summed E-state index contributed by atoms with van der Waals surface area (Å²) in [5.74, 6) is 1.07. The van der Waals surface area contributed by atoms with Crippen molar-refractivity contribution in [3.05, 3.63) is 39.8 Å². The Morgan fingerprint density at radius 2 is 1.70 bits per heavy atom. The molecule has 1 heterocycles. The van der Waals surface area contributed by atoms with Gasteiger partial charge in [-0.05, 0) is 12.1 Å². The molecule has 0 amide bonds. The summed E-state index contributed by atoms with van der Waals surface area (Å²) in [6, 6.07) is 4.05. The highest BCUT2D eigenvalue weighted by molar-refractivity contribution is 7.10. The molecular formula is C14H16FNO3S. The van der Waals surface area contributed by atoms with E-state index in [0.29, 0.717) is 22.8 Å². The van der Waals surface area contributed by atoms with E-state index in [9.17, 15) is 4.39 Å². The zero-order valence-electron chi connectivity index (χ0n) is 11.5. The SMILES string of the molecule is COc1csc(C(N)c2cc(OC)c(OC)cc2F)c1. The number of ether oxygens (including phenoxy) is 3. The molecule has 1 aromatic heterocycles. The Labute approximate surface area is 120 Å². The fraction of sp³-hybridized carbons (Fsp3) is 0.286. The molecule has 108 valence electrons. The van der Waals surface area contributed by atoms with Crippen LogP contribution in [0.2, 0.25) is 0 Å². The van der Waals surface area contributed by atoms with E-state index in [0.717, 1.165) is 4.88 Å². The van der Waals surface area contributed by atoms with Gasteiger partial charge in [0.1, 0.15) is 11.6 Å². The smallest absolute Gasteiger partial charge is 0.163 e. The molecule has 6 heteroatoms. The average Bonchev–Trinajstić information content (AvgIpc) is 2.95. The van der Waals surface area contributed by atoms with E-state index in [1.165, 1.54) is 31.6 Å². The molecule has 0 bridgehead atoms. The van der Waals surface area contributed by atoms with E-state index in [1.54, 1.807) is 19.2 Å². The molecular weight excluding hydrogens is 281 g/mol. The van der Waals surface area contributed by atoms with Crippen LogP contribution < -0.4 is 19.9 Å². The second kappa shape index (κ2) is 6.11. The van der Waals surface area contributed by atoms with Gasteiger partial charge in [0.2, 0.25) is 0 Å². The van der Waals surface area contributed by atoms with E-state index < -0.39 is 11.9 Å². The molecule has 0 radical (unpaired) electrons. The quantitative estimate of drug-likeness (QED) is 0.922. The van der Waals surface area contributed by atoms with Crippen LogP contribution in [0.25, 0.3) is 0 Å². The number of nitrogens with two attached hydrogens (primary N) is 1. The maximum Gasteiger partial charge on any atom is 0.163 e. The van der Waals surface area contributed by atoms with Crippen molar-refractivity contribution in [1.82, 2.24) is 0 Å². The van der Waals surface area contributed by atoms with Crippen LogP contribution in [0.5, 0.6) is 17.2 Å². The lowest BCUT2D eigenvalue weighted by Crippen LogP contribution is -2.12. The van der Waals surface area contributed by atoms with Crippen molar-refractivity contribution in [2.45, 2.75) is 6.04 Å². The molecule has 0 aliphatic heterocycles. The first kappa shape index (κ1) is 14.6. The van der Waals surface area contributed by atoms with Crippen molar-refractivity contribution in [3.63, 3.8) is 0 Å². The second-order valence-electron chi connectivity index (χ2n) is 4.10. The van der Waals surface area contributed by atoms with Crippen molar-refractivity contribution >= 4 is 11.3 Å². The van der Waals surface area contributed by atoms with Crippen LogP contribution in [-0.2, 0) is 0 Å². The van der Waals surface area contributed by atoms with Crippen molar-refractivity contribution in [1.29, 1.82) is 0 Å². The van der Waals surface area contributed by atoms with Gasteiger partial charge in [-0.3, -0.25) is 0 Å². The monoisotopic (exact) mass is 297 g/mol. The summed E-state index contributed by atoms with van der Waals surface area (Å²) in [5.41, 5.74) is 6.47. The highest BCUT2D eigenvalue weighted by atomic mass is 32.1. The van der Waals surface area contributed by atoms with Gasteiger partial charge in [0.05, 0.1) is 27.4 Å². The predicted molar refractivity (Wildman–Crippen MR) is 76.4 cm³/mol. The summed E-state index contributed by atoms with van der Waals surface area (Å²) in [6.45, 7) is 0. The largest absolute Gasteiger partial charge is 0.496 e. The summed E-state index contributed by atoms with van der Waals surface area (Å²) in [7, 11) is 4.54. The third-order valence-corrected chi connectivity index (χ3v) is 3.97. The molecule has 1 aromatic carbocycles. The summed E-state index contributed by atoms with van der Waals surface area (Å²) < 4.78 is 29.5. The van der Waals surface area contributed by atoms with Crippen LogP contribution in [0.4, 0.5) is 4.39 Å². The molecule has 20 heavy (non-hydrogen) atoms. The van der Waals surface area contributed by atoms with Gasteiger partial charge >= 0.3 is 0 Å². The van der Waals surface area contributed by atoms with Gasteiger partial charge in [-0.15, -0.1) is 11.3 Å². The number of halogens is 1. The zero-order chi connectivity index (χ0) is 14.7. The second-order valence-corrected chi connectivity index (χ2v) is 5.04. The molecule has 0 fully saturated rings. The minimum Gasteiger partial charge on any atom is -0.496 e. The molecule has 1 unspecified atom stereocenters. The Bertz CT molecular complexity index is 600. The summed E-state index contributed by atoms with van der Waals surface area (Å²) in [4.78, 5) is 0.813. The van der Waals surface area contributed by atoms with Gasteiger partial charge in [0, 0.05) is 21.9 Å². The Kier molecular flexibility index (Phi) is 4.46. The van der Waals surface area contributed by atoms with Crippen molar-refractivity contribution in [3.8, 4) is 17.2 Å². The van der Waals surface area contributed by atoms with Crippen LogP contribution >= 0.6 is 11.3 Å². The number of thiophene rings is 1. The maximum absolute atomic E-state index is 14.1. The molecule has 0 aliphatic rings. The molecule has 0 saturated heterocycles. The van der Waals surface area contributed by atoms with Gasteiger partial charge < -0.3 is 19.9 Å². The van der Waals surface area contributed by atoms with Crippen LogP contribution in [0.3, 0.4) is 0 Å². The van der Waals surface area contributed by atoms with E-state index in [4.69, 9.17) is 19.9 Å². The van der Waals surface area contributed by atoms with Gasteiger partial charge in [-0.25, -0.2) is 4.39 Å². The highest BCUT2D eigenvalue weighted by Gasteiger charge is 2.19. The molecule has 2 aromatic rings. The predicted octanol–water partition coefficient (Wildman–Crippen LogP) is 2.96. The van der Waals surface area contributed by atoms with E-state index in [1.807, 2.05) is 5.38 Å². The van der Waals surface area contributed by atoms with Gasteiger partial charge in [0.25, 0.3) is 0 Å². The molecule has 0 aliphatic carbocycles. The lowest BCUT2D eigenvalue weighted by atomic mass is 10.0. The van der Waals surface area contributed by atoms with E-state index >= 15 is 0 Å². The number of rotatable bonds is 5. The Morgan fingerprint density at radius 1 is 1.05 bits per heavy atom. The Morgan fingerprint density at radius 3 is 2.25 bits per heavy atom. The highest BCUT2D eigenvalue weighted by Crippen LogP contribution is 2.36. The molecule has 1 atom stereocenters. The van der Waals surface area contributed by atoms with Crippen LogP contribution in [0.1, 0.15) is 16.5 Å². The van der Waals surface area contributed by atoms with Crippen molar-refractivity contribution < 1.29 is 18.6 Å². The lowest BCUT2D eigenvalue weighted by molar-refractivity contribution is 0.351. The first-order valence-electron chi connectivity index (χ1n) is 5.90. The third-order valence-electron chi connectivity index (χ3n) is 2.98. The summed E-state index contributed by atoms with van der Waals surface area (Å²) in [6.07, 6.45) is 0. The standard InChI is InChI=1S/C14H16FNO3S/c1-17-8-4-13(20-7-8)14(16)9-5-11(18-2)12(19-3)6-10(9)15/h4-7,14H,16H2,1-3H3. The number of hydrogen-bond donors (Lipinski definition) is 1. The first-order chi connectivity index (χ1) is 9.60. The normalized spacial score (nSPS) is 12.1. The molecule has 2 N–H and O–H groups in total. The molecule has 2 rings (SSSR count). The zero-order valence-corrected chi connectivity index (χ0v) is 12.3.